The SMILES string of the molecule is CC(C)C(=O)N(C)[C@H]1CCN(C2CN(C(C)C)C2)CC1(F)F. The third-order valence-electron chi connectivity index (χ3n) is 5.04. The summed E-state index contributed by atoms with van der Waals surface area (Å²) in [5.41, 5.74) is 0. The number of alkyl halides is 2. The molecule has 0 bridgehead atoms. The van der Waals surface area contributed by atoms with E-state index in [1.54, 1.807) is 13.8 Å². The number of carbonyl (C=O) groups is 1. The summed E-state index contributed by atoms with van der Waals surface area (Å²) in [5, 5.41) is 0. The third kappa shape index (κ3) is 3.43. The Labute approximate surface area is 132 Å². The molecule has 0 aliphatic carbocycles. The fourth-order valence-electron chi connectivity index (χ4n) is 3.44. The zero-order valence-corrected chi connectivity index (χ0v) is 14.4. The van der Waals surface area contributed by atoms with Crippen molar-refractivity contribution in [1.82, 2.24) is 14.7 Å². The summed E-state index contributed by atoms with van der Waals surface area (Å²) in [5.74, 6) is -3.28. The number of hydrogen-bond donors (Lipinski definition) is 0. The van der Waals surface area contributed by atoms with Gasteiger partial charge in [0, 0.05) is 44.7 Å². The molecule has 128 valence electrons. The molecule has 4 nitrogen and oxygen atoms in total. The Kier molecular flexibility index (Phi) is 5.12. The van der Waals surface area contributed by atoms with E-state index in [1.165, 1.54) is 11.9 Å². The van der Waals surface area contributed by atoms with Gasteiger partial charge >= 0.3 is 0 Å². The van der Waals surface area contributed by atoms with E-state index in [9.17, 15) is 13.6 Å². The molecule has 0 saturated carbocycles. The number of halogens is 2. The minimum atomic E-state index is -2.84. The first-order valence-electron chi connectivity index (χ1n) is 8.26. The Balaban J connectivity index is 1.94. The Hall–Kier alpha value is -0.750. The van der Waals surface area contributed by atoms with E-state index in [-0.39, 0.29) is 24.4 Å². The summed E-state index contributed by atoms with van der Waals surface area (Å²) in [7, 11) is 1.51. The number of rotatable bonds is 4. The summed E-state index contributed by atoms with van der Waals surface area (Å²) in [6, 6.07) is -0.260. The van der Waals surface area contributed by atoms with Crippen molar-refractivity contribution in [3.63, 3.8) is 0 Å². The second-order valence-electron chi connectivity index (χ2n) is 7.34. The average Bonchev–Trinajstić information content (AvgIpc) is 2.33. The van der Waals surface area contributed by atoms with E-state index in [1.807, 2.05) is 4.90 Å². The lowest BCUT2D eigenvalue weighted by Gasteiger charge is -2.51. The fraction of sp³-hybridized carbons (Fsp3) is 0.938. The first-order chi connectivity index (χ1) is 10.1. The van der Waals surface area contributed by atoms with Crippen LogP contribution in [0.15, 0.2) is 0 Å². The molecule has 1 amide bonds. The molecule has 0 N–H and O–H groups in total. The summed E-state index contributed by atoms with van der Waals surface area (Å²) in [4.78, 5) is 17.5. The monoisotopic (exact) mass is 317 g/mol. The first kappa shape index (κ1) is 17.6. The number of hydrogen-bond acceptors (Lipinski definition) is 3. The second-order valence-corrected chi connectivity index (χ2v) is 7.34. The zero-order valence-electron chi connectivity index (χ0n) is 14.4. The molecule has 22 heavy (non-hydrogen) atoms. The Bertz CT molecular complexity index is 408. The van der Waals surface area contributed by atoms with E-state index < -0.39 is 12.0 Å². The van der Waals surface area contributed by atoms with Crippen LogP contribution in [0.4, 0.5) is 8.78 Å². The molecule has 0 spiro atoms. The van der Waals surface area contributed by atoms with Crippen LogP contribution >= 0.6 is 0 Å². The van der Waals surface area contributed by atoms with E-state index in [2.05, 4.69) is 18.7 Å². The van der Waals surface area contributed by atoms with Gasteiger partial charge in [-0.2, -0.15) is 0 Å². The van der Waals surface area contributed by atoms with E-state index in [0.717, 1.165) is 13.1 Å². The van der Waals surface area contributed by atoms with Crippen LogP contribution in [0.3, 0.4) is 0 Å². The molecule has 0 aromatic heterocycles. The van der Waals surface area contributed by atoms with Gasteiger partial charge in [0.25, 0.3) is 5.92 Å². The molecule has 0 aromatic carbocycles. The van der Waals surface area contributed by atoms with Gasteiger partial charge in [0.1, 0.15) is 0 Å². The molecule has 2 heterocycles. The highest BCUT2D eigenvalue weighted by atomic mass is 19.3. The lowest BCUT2D eigenvalue weighted by atomic mass is 9.94. The molecule has 2 aliphatic rings. The lowest BCUT2D eigenvalue weighted by molar-refractivity contribution is -0.163. The van der Waals surface area contributed by atoms with Crippen LogP contribution in [-0.2, 0) is 4.79 Å². The number of amides is 1. The van der Waals surface area contributed by atoms with Gasteiger partial charge in [-0.15, -0.1) is 0 Å². The highest BCUT2D eigenvalue weighted by Gasteiger charge is 2.50. The van der Waals surface area contributed by atoms with Crippen LogP contribution in [0.2, 0.25) is 0 Å². The third-order valence-corrected chi connectivity index (χ3v) is 5.04. The minimum absolute atomic E-state index is 0.201. The van der Waals surface area contributed by atoms with Crippen molar-refractivity contribution < 1.29 is 13.6 Å². The minimum Gasteiger partial charge on any atom is -0.336 e. The number of likely N-dealkylation sites (tertiary alicyclic amines) is 2. The predicted octanol–water partition coefficient (Wildman–Crippen LogP) is 1.90. The second kappa shape index (κ2) is 6.40. The summed E-state index contributed by atoms with van der Waals surface area (Å²) >= 11 is 0. The van der Waals surface area contributed by atoms with E-state index in [0.29, 0.717) is 19.0 Å². The van der Waals surface area contributed by atoms with Gasteiger partial charge in [0.05, 0.1) is 12.6 Å². The Morgan fingerprint density at radius 2 is 1.82 bits per heavy atom. The van der Waals surface area contributed by atoms with Gasteiger partial charge in [-0.3, -0.25) is 14.6 Å². The molecule has 0 radical (unpaired) electrons. The highest BCUT2D eigenvalue weighted by molar-refractivity contribution is 5.78. The van der Waals surface area contributed by atoms with Crippen molar-refractivity contribution in [2.24, 2.45) is 5.92 Å². The molecule has 6 heteroatoms. The van der Waals surface area contributed by atoms with E-state index >= 15 is 0 Å². The average molecular weight is 317 g/mol. The largest absolute Gasteiger partial charge is 0.336 e. The molecule has 0 unspecified atom stereocenters. The van der Waals surface area contributed by atoms with Gasteiger partial charge in [0.2, 0.25) is 5.91 Å². The zero-order chi connectivity index (χ0) is 16.7. The van der Waals surface area contributed by atoms with Gasteiger partial charge in [0.15, 0.2) is 0 Å². The van der Waals surface area contributed by atoms with Gasteiger partial charge in [-0.1, -0.05) is 13.8 Å². The molecule has 2 aliphatic heterocycles. The summed E-state index contributed by atoms with van der Waals surface area (Å²) < 4.78 is 29.0. The quantitative estimate of drug-likeness (QED) is 0.792. The Morgan fingerprint density at radius 1 is 1.23 bits per heavy atom. The topological polar surface area (TPSA) is 26.8 Å². The van der Waals surface area contributed by atoms with Crippen LogP contribution in [0.5, 0.6) is 0 Å². The van der Waals surface area contributed by atoms with Crippen LogP contribution < -0.4 is 0 Å². The van der Waals surface area contributed by atoms with Crippen molar-refractivity contribution in [3.8, 4) is 0 Å². The van der Waals surface area contributed by atoms with Crippen molar-refractivity contribution >= 4 is 5.91 Å². The van der Waals surface area contributed by atoms with Gasteiger partial charge in [-0.05, 0) is 20.3 Å². The molecule has 1 atom stereocenters. The van der Waals surface area contributed by atoms with Crippen molar-refractivity contribution in [1.29, 1.82) is 0 Å². The molecule has 2 fully saturated rings. The van der Waals surface area contributed by atoms with Crippen molar-refractivity contribution in [2.75, 3.05) is 33.2 Å². The maximum Gasteiger partial charge on any atom is 0.280 e. The fourth-order valence-corrected chi connectivity index (χ4v) is 3.44. The van der Waals surface area contributed by atoms with Crippen molar-refractivity contribution in [3.05, 3.63) is 0 Å². The molecule has 2 saturated heterocycles. The first-order valence-corrected chi connectivity index (χ1v) is 8.26. The van der Waals surface area contributed by atoms with E-state index in [4.69, 9.17) is 0 Å². The summed E-state index contributed by atoms with van der Waals surface area (Å²) in [6.07, 6.45) is 0.347. The smallest absolute Gasteiger partial charge is 0.280 e. The molecular formula is C16H29F2N3O. The number of piperidine rings is 1. The van der Waals surface area contributed by atoms with Crippen LogP contribution in [0, 0.1) is 5.92 Å². The maximum atomic E-state index is 14.5. The van der Waals surface area contributed by atoms with Crippen LogP contribution in [0.1, 0.15) is 34.1 Å². The summed E-state index contributed by atoms with van der Waals surface area (Å²) in [6.45, 7) is 9.92. The predicted molar refractivity (Wildman–Crippen MR) is 83.0 cm³/mol. The molecular weight excluding hydrogens is 288 g/mol. The van der Waals surface area contributed by atoms with Crippen LogP contribution in [-0.4, -0.2) is 77.9 Å². The lowest BCUT2D eigenvalue weighted by Crippen LogP contribution is -2.67. The Morgan fingerprint density at radius 3 is 2.27 bits per heavy atom. The normalized spacial score (nSPS) is 27.2. The van der Waals surface area contributed by atoms with Crippen molar-refractivity contribution in [2.45, 2.75) is 58.2 Å². The standard InChI is InChI=1S/C16H29F2N3O/c1-11(2)15(22)19(5)14-6-7-20(10-16(14,17)18)13-8-21(9-13)12(3)4/h11-14H,6-10H2,1-5H3/t14-/m0/s1. The maximum absolute atomic E-state index is 14.5. The van der Waals surface area contributed by atoms with Crippen LogP contribution in [0.25, 0.3) is 0 Å². The van der Waals surface area contributed by atoms with Gasteiger partial charge < -0.3 is 4.90 Å². The highest BCUT2D eigenvalue weighted by Crippen LogP contribution is 2.33. The number of carbonyl (C=O) groups excluding carboxylic acids is 1. The van der Waals surface area contributed by atoms with Gasteiger partial charge in [-0.25, -0.2) is 8.78 Å². The number of nitrogens with zero attached hydrogens (tertiary/aromatic N) is 3. The molecule has 0 aromatic rings. The molecule has 2 rings (SSSR count).